The fourth-order valence-corrected chi connectivity index (χ4v) is 4.20. The molecular weight excluding hydrogens is 443 g/mol. The van der Waals surface area contributed by atoms with Crippen molar-refractivity contribution in [3.63, 3.8) is 0 Å². The van der Waals surface area contributed by atoms with Crippen LogP contribution < -0.4 is 5.32 Å². The molecule has 31 heavy (non-hydrogen) atoms. The minimum Gasteiger partial charge on any atom is -0.475 e. The van der Waals surface area contributed by atoms with Gasteiger partial charge in [0.2, 0.25) is 15.9 Å². The van der Waals surface area contributed by atoms with Crippen molar-refractivity contribution in [2.24, 2.45) is 5.92 Å². The van der Waals surface area contributed by atoms with E-state index in [2.05, 4.69) is 10.3 Å². The van der Waals surface area contributed by atoms with Crippen molar-refractivity contribution in [1.29, 1.82) is 0 Å². The van der Waals surface area contributed by atoms with E-state index in [0.29, 0.717) is 32.5 Å². The zero-order valence-electron chi connectivity index (χ0n) is 16.7. The SMILES string of the molecule is CS(=O)(=O)N1CC[C@H]2C[C@H](C(=O)NCCc3ccccn3)O[C@@H]2C1.O=C(O)C(F)(F)F. The van der Waals surface area contributed by atoms with Crippen LogP contribution in [-0.4, -0.2) is 79.0 Å². The van der Waals surface area contributed by atoms with Gasteiger partial charge in [0.05, 0.1) is 12.4 Å². The van der Waals surface area contributed by atoms with E-state index in [9.17, 15) is 26.4 Å². The predicted molar refractivity (Wildman–Crippen MR) is 102 cm³/mol. The molecule has 1 amide bonds. The molecule has 2 aliphatic rings. The lowest BCUT2D eigenvalue weighted by atomic mass is 9.93. The summed E-state index contributed by atoms with van der Waals surface area (Å²) >= 11 is 0. The molecule has 3 rings (SSSR count). The highest BCUT2D eigenvalue weighted by atomic mass is 32.2. The Hall–Kier alpha value is -2.25. The summed E-state index contributed by atoms with van der Waals surface area (Å²) in [5.41, 5.74) is 0.933. The van der Waals surface area contributed by atoms with E-state index >= 15 is 0 Å². The molecule has 0 bridgehead atoms. The van der Waals surface area contributed by atoms with E-state index in [0.717, 1.165) is 12.1 Å². The zero-order valence-corrected chi connectivity index (χ0v) is 17.5. The molecule has 2 saturated heterocycles. The smallest absolute Gasteiger partial charge is 0.475 e. The number of amides is 1. The monoisotopic (exact) mass is 467 g/mol. The van der Waals surface area contributed by atoms with Crippen LogP contribution in [0.25, 0.3) is 0 Å². The highest BCUT2D eigenvalue weighted by Gasteiger charge is 2.43. The van der Waals surface area contributed by atoms with Crippen molar-refractivity contribution in [2.75, 3.05) is 25.9 Å². The number of halogens is 3. The lowest BCUT2D eigenvalue weighted by Crippen LogP contribution is -2.45. The molecule has 0 aliphatic carbocycles. The summed E-state index contributed by atoms with van der Waals surface area (Å²) in [5.74, 6) is -2.62. The van der Waals surface area contributed by atoms with Crippen molar-refractivity contribution in [1.82, 2.24) is 14.6 Å². The van der Waals surface area contributed by atoms with E-state index in [1.165, 1.54) is 10.6 Å². The van der Waals surface area contributed by atoms with Gasteiger partial charge in [0, 0.05) is 37.9 Å². The first kappa shape index (κ1) is 25.0. The molecule has 0 aromatic carbocycles. The fourth-order valence-electron chi connectivity index (χ4n) is 3.35. The summed E-state index contributed by atoms with van der Waals surface area (Å²) in [6.07, 6.45) is -0.719. The minimum atomic E-state index is -5.08. The van der Waals surface area contributed by atoms with Gasteiger partial charge < -0.3 is 15.2 Å². The Morgan fingerprint density at radius 3 is 2.58 bits per heavy atom. The normalized spacial score (nSPS) is 23.9. The van der Waals surface area contributed by atoms with Crippen LogP contribution in [0.5, 0.6) is 0 Å². The second kappa shape index (κ2) is 10.4. The van der Waals surface area contributed by atoms with Crippen LogP contribution >= 0.6 is 0 Å². The number of carboxylic acids is 1. The van der Waals surface area contributed by atoms with Gasteiger partial charge >= 0.3 is 12.1 Å². The van der Waals surface area contributed by atoms with Crippen molar-refractivity contribution in [2.45, 2.75) is 37.6 Å². The maximum atomic E-state index is 12.3. The van der Waals surface area contributed by atoms with Crippen LogP contribution in [-0.2, 0) is 30.8 Å². The molecule has 2 aliphatic heterocycles. The first-order chi connectivity index (χ1) is 14.4. The summed E-state index contributed by atoms with van der Waals surface area (Å²) in [6, 6.07) is 5.70. The van der Waals surface area contributed by atoms with Gasteiger partial charge in [-0.3, -0.25) is 9.78 Å². The Kier molecular flexibility index (Phi) is 8.37. The minimum absolute atomic E-state index is 0.119. The molecule has 174 valence electrons. The number of nitrogens with zero attached hydrogens (tertiary/aromatic N) is 2. The van der Waals surface area contributed by atoms with Crippen LogP contribution in [0.3, 0.4) is 0 Å². The van der Waals surface area contributed by atoms with Crippen molar-refractivity contribution < 1.29 is 41.0 Å². The predicted octanol–water partition coefficient (Wildman–Crippen LogP) is 0.813. The third-order valence-corrected chi connectivity index (χ3v) is 6.19. The van der Waals surface area contributed by atoms with Crippen LogP contribution in [0.1, 0.15) is 18.5 Å². The third kappa shape index (κ3) is 7.74. The number of sulfonamides is 1. The number of nitrogens with one attached hydrogen (secondary N) is 1. The number of aliphatic carboxylic acids is 1. The van der Waals surface area contributed by atoms with E-state index in [-0.39, 0.29) is 17.9 Å². The highest BCUT2D eigenvalue weighted by molar-refractivity contribution is 7.88. The van der Waals surface area contributed by atoms with Gasteiger partial charge in [-0.2, -0.15) is 17.5 Å². The highest BCUT2D eigenvalue weighted by Crippen LogP contribution is 2.34. The summed E-state index contributed by atoms with van der Waals surface area (Å²) in [6.45, 7) is 1.37. The van der Waals surface area contributed by atoms with Crippen molar-refractivity contribution in [3.8, 4) is 0 Å². The number of carbonyl (C=O) groups is 2. The number of carboxylic acid groups (broad SMARTS) is 1. The fraction of sp³-hybridized carbons (Fsp3) is 0.611. The quantitative estimate of drug-likeness (QED) is 0.656. The van der Waals surface area contributed by atoms with Gasteiger partial charge in [-0.05, 0) is 30.9 Å². The molecule has 1 aromatic heterocycles. The summed E-state index contributed by atoms with van der Waals surface area (Å²) < 4.78 is 62.3. The average molecular weight is 467 g/mol. The lowest BCUT2D eigenvalue weighted by molar-refractivity contribution is -0.192. The summed E-state index contributed by atoms with van der Waals surface area (Å²) in [5, 5.41) is 10.0. The van der Waals surface area contributed by atoms with E-state index in [4.69, 9.17) is 14.6 Å². The number of pyridine rings is 1. The largest absolute Gasteiger partial charge is 0.490 e. The van der Waals surface area contributed by atoms with Crippen LogP contribution in [0, 0.1) is 5.92 Å². The van der Waals surface area contributed by atoms with Crippen molar-refractivity contribution >= 4 is 21.9 Å². The first-order valence-electron chi connectivity index (χ1n) is 9.46. The Labute approximate surface area is 177 Å². The number of carbonyl (C=O) groups excluding carboxylic acids is 1. The van der Waals surface area contributed by atoms with Crippen LogP contribution in [0.15, 0.2) is 24.4 Å². The molecule has 13 heteroatoms. The maximum Gasteiger partial charge on any atom is 0.490 e. The summed E-state index contributed by atoms with van der Waals surface area (Å²) in [4.78, 5) is 25.4. The zero-order chi connectivity index (χ0) is 23.2. The van der Waals surface area contributed by atoms with Gasteiger partial charge in [0.1, 0.15) is 6.10 Å². The Balaban J connectivity index is 0.000000423. The number of hydrogen-bond donors (Lipinski definition) is 2. The first-order valence-corrected chi connectivity index (χ1v) is 11.3. The molecule has 2 fully saturated rings. The Morgan fingerprint density at radius 2 is 2.03 bits per heavy atom. The molecule has 3 heterocycles. The van der Waals surface area contributed by atoms with Gasteiger partial charge in [-0.1, -0.05) is 6.07 Å². The maximum absolute atomic E-state index is 12.3. The molecule has 0 unspecified atom stereocenters. The van der Waals surface area contributed by atoms with Gasteiger partial charge in [0.25, 0.3) is 0 Å². The van der Waals surface area contributed by atoms with Gasteiger partial charge in [-0.15, -0.1) is 0 Å². The number of ether oxygens (including phenoxy) is 1. The average Bonchev–Trinajstić information content (AvgIpc) is 3.11. The second-order valence-corrected chi connectivity index (χ2v) is 9.22. The molecule has 9 nitrogen and oxygen atoms in total. The second-order valence-electron chi connectivity index (χ2n) is 7.23. The molecule has 2 N–H and O–H groups in total. The molecule has 0 spiro atoms. The lowest BCUT2D eigenvalue weighted by Gasteiger charge is -2.32. The van der Waals surface area contributed by atoms with E-state index in [1.54, 1.807) is 6.20 Å². The summed E-state index contributed by atoms with van der Waals surface area (Å²) in [7, 11) is -3.20. The number of fused-ring (bicyclic) bond motifs is 1. The number of piperidine rings is 1. The number of hydrogen-bond acceptors (Lipinski definition) is 6. The van der Waals surface area contributed by atoms with E-state index < -0.39 is 28.3 Å². The molecular formula is C18H24F3N3O6S. The number of rotatable bonds is 5. The Morgan fingerprint density at radius 1 is 1.35 bits per heavy atom. The molecule has 3 atom stereocenters. The van der Waals surface area contributed by atoms with Crippen LogP contribution in [0.2, 0.25) is 0 Å². The third-order valence-electron chi connectivity index (χ3n) is 4.93. The van der Waals surface area contributed by atoms with Crippen molar-refractivity contribution in [3.05, 3.63) is 30.1 Å². The van der Waals surface area contributed by atoms with E-state index in [1.807, 2.05) is 18.2 Å². The van der Waals surface area contributed by atoms with Gasteiger partial charge in [0.15, 0.2) is 0 Å². The Bertz CT molecular complexity index is 866. The van der Waals surface area contributed by atoms with Gasteiger partial charge in [-0.25, -0.2) is 13.2 Å². The molecule has 1 aromatic rings. The topological polar surface area (TPSA) is 126 Å². The molecule has 0 saturated carbocycles. The standard InChI is InChI=1S/C16H23N3O4S.C2HF3O2/c1-24(21,22)19-9-6-12-10-14(23-15(12)11-19)16(20)18-8-5-13-4-2-3-7-17-13;3-2(4,5)1(6)7/h2-4,7,12,14-15H,5-6,8-11H2,1H3,(H,18,20);(H,6,7)/t12-,14+,15+;/m0./s1. The molecule has 0 radical (unpaired) electrons. The van der Waals surface area contributed by atoms with Crippen LogP contribution in [0.4, 0.5) is 13.2 Å². The number of alkyl halides is 3. The number of aromatic nitrogens is 1.